The first-order valence-electron chi connectivity index (χ1n) is 9.96. The molecule has 0 aliphatic carbocycles. The summed E-state index contributed by atoms with van der Waals surface area (Å²) in [5.41, 5.74) is 1.28. The van der Waals surface area contributed by atoms with Crippen molar-refractivity contribution in [3.8, 4) is 5.75 Å². The van der Waals surface area contributed by atoms with Crippen molar-refractivity contribution in [1.29, 1.82) is 5.41 Å². The second-order valence-electron chi connectivity index (χ2n) is 7.18. The Morgan fingerprint density at radius 2 is 1.80 bits per heavy atom. The number of benzene rings is 3. The van der Waals surface area contributed by atoms with Crippen molar-refractivity contribution in [1.82, 2.24) is 0 Å². The van der Waals surface area contributed by atoms with Gasteiger partial charge in [-0.3, -0.25) is 19.9 Å². The fourth-order valence-corrected chi connectivity index (χ4v) is 4.45. The third-order valence-corrected chi connectivity index (χ3v) is 6.59. The van der Waals surface area contributed by atoms with Gasteiger partial charge in [0.15, 0.2) is 11.8 Å². The zero-order valence-electron chi connectivity index (χ0n) is 17.7. The number of nitrogens with zero attached hydrogens (tertiary/aromatic N) is 1. The maximum absolute atomic E-state index is 13.1. The molecule has 1 aliphatic rings. The fraction of sp³-hybridized carbons (Fsp3) is 0.0417. The second-order valence-corrected chi connectivity index (χ2v) is 9.46. The Morgan fingerprint density at radius 1 is 1.06 bits per heavy atom. The minimum atomic E-state index is -0.455. The smallest absolute Gasteiger partial charge is 0.271 e. The monoisotopic (exact) mass is 549 g/mol. The van der Waals surface area contributed by atoms with Crippen molar-refractivity contribution >= 4 is 81.0 Å². The van der Waals surface area contributed by atoms with E-state index in [1.807, 2.05) is 0 Å². The standard InChI is InChI=1S/C24H15Cl3FN3O3S/c25-14-1-8-20(34-12-22(32)30-16-4-2-15(28)3-5-16)13(9-14)10-21-23(33)31(24(29)35-21)17-6-7-18(26)19(27)11-17/h1-11,29H,12H2,(H,30,32)/b21-10-,29-24?. The van der Waals surface area contributed by atoms with Gasteiger partial charge in [0.05, 0.1) is 20.6 Å². The maximum atomic E-state index is 13.1. The lowest BCUT2D eigenvalue weighted by Crippen LogP contribution is -2.28. The van der Waals surface area contributed by atoms with Crippen LogP contribution in [-0.4, -0.2) is 23.6 Å². The van der Waals surface area contributed by atoms with Crippen molar-refractivity contribution in [2.24, 2.45) is 0 Å². The van der Waals surface area contributed by atoms with E-state index in [2.05, 4.69) is 5.32 Å². The molecule has 1 aliphatic heterocycles. The van der Waals surface area contributed by atoms with Gasteiger partial charge in [-0.25, -0.2) is 4.39 Å². The third-order valence-electron chi connectivity index (χ3n) is 4.73. The highest BCUT2D eigenvalue weighted by Crippen LogP contribution is 2.38. The summed E-state index contributed by atoms with van der Waals surface area (Å²) in [6.07, 6.45) is 1.54. The number of halogens is 4. The molecule has 1 heterocycles. The third kappa shape index (κ3) is 5.97. The van der Waals surface area contributed by atoms with Gasteiger partial charge in [0.1, 0.15) is 11.6 Å². The van der Waals surface area contributed by atoms with Crippen molar-refractivity contribution in [3.63, 3.8) is 0 Å². The topological polar surface area (TPSA) is 82.5 Å². The molecule has 1 fully saturated rings. The molecule has 0 radical (unpaired) electrons. The molecule has 0 atom stereocenters. The molecule has 0 aromatic heterocycles. The van der Waals surface area contributed by atoms with E-state index in [0.717, 1.165) is 11.8 Å². The van der Waals surface area contributed by atoms with Crippen LogP contribution in [0.2, 0.25) is 15.1 Å². The van der Waals surface area contributed by atoms with Crippen LogP contribution in [-0.2, 0) is 9.59 Å². The van der Waals surface area contributed by atoms with E-state index in [1.165, 1.54) is 41.3 Å². The highest BCUT2D eigenvalue weighted by molar-refractivity contribution is 8.19. The van der Waals surface area contributed by atoms with Gasteiger partial charge in [-0.2, -0.15) is 0 Å². The number of hydrogen-bond donors (Lipinski definition) is 2. The maximum Gasteiger partial charge on any atom is 0.271 e. The molecule has 11 heteroatoms. The number of amides is 2. The Bertz CT molecular complexity index is 1370. The summed E-state index contributed by atoms with van der Waals surface area (Å²) in [6, 6.07) is 14.7. The molecule has 0 bridgehead atoms. The normalized spacial score (nSPS) is 14.5. The van der Waals surface area contributed by atoms with Gasteiger partial charge < -0.3 is 10.1 Å². The van der Waals surface area contributed by atoms with Crippen LogP contribution in [0.15, 0.2) is 65.6 Å². The molecule has 35 heavy (non-hydrogen) atoms. The van der Waals surface area contributed by atoms with Crippen LogP contribution in [0.5, 0.6) is 5.75 Å². The highest BCUT2D eigenvalue weighted by atomic mass is 35.5. The number of amidine groups is 1. The van der Waals surface area contributed by atoms with Crippen LogP contribution in [0.1, 0.15) is 5.56 Å². The van der Waals surface area contributed by atoms with Gasteiger partial charge in [-0.15, -0.1) is 0 Å². The quantitative estimate of drug-likeness (QED) is 0.329. The Balaban J connectivity index is 1.52. The zero-order valence-corrected chi connectivity index (χ0v) is 20.7. The van der Waals surface area contributed by atoms with Crippen molar-refractivity contribution in [3.05, 3.63) is 92.0 Å². The number of carbonyl (C=O) groups is 2. The highest BCUT2D eigenvalue weighted by Gasteiger charge is 2.34. The number of rotatable bonds is 6. The number of carbonyl (C=O) groups excluding carboxylic acids is 2. The summed E-state index contributed by atoms with van der Waals surface area (Å²) >= 11 is 19.1. The zero-order chi connectivity index (χ0) is 25.1. The van der Waals surface area contributed by atoms with Crippen LogP contribution in [0.25, 0.3) is 6.08 Å². The van der Waals surface area contributed by atoms with Crippen LogP contribution in [0.3, 0.4) is 0 Å². The number of thioether (sulfide) groups is 1. The van der Waals surface area contributed by atoms with Crippen LogP contribution in [0.4, 0.5) is 15.8 Å². The minimum Gasteiger partial charge on any atom is -0.483 e. The Labute approximate surface area is 219 Å². The van der Waals surface area contributed by atoms with Gasteiger partial charge >= 0.3 is 0 Å². The molecule has 1 saturated heterocycles. The average Bonchev–Trinajstić information content (AvgIpc) is 3.09. The first kappa shape index (κ1) is 25.1. The van der Waals surface area contributed by atoms with E-state index >= 15 is 0 Å². The van der Waals surface area contributed by atoms with Crippen molar-refractivity contribution in [2.75, 3.05) is 16.8 Å². The fourth-order valence-electron chi connectivity index (χ4n) is 3.12. The summed E-state index contributed by atoms with van der Waals surface area (Å²) < 4.78 is 18.7. The SMILES string of the molecule is N=C1S/C(=C\c2cc(Cl)ccc2OCC(=O)Nc2ccc(F)cc2)C(=O)N1c1ccc(Cl)c(Cl)c1. The first-order valence-corrected chi connectivity index (χ1v) is 11.9. The molecule has 0 spiro atoms. The van der Waals surface area contributed by atoms with Crippen LogP contribution >= 0.6 is 46.6 Å². The van der Waals surface area contributed by atoms with E-state index in [1.54, 1.807) is 30.3 Å². The van der Waals surface area contributed by atoms with E-state index in [9.17, 15) is 14.0 Å². The van der Waals surface area contributed by atoms with Crippen LogP contribution in [0, 0.1) is 11.2 Å². The average molecular weight is 551 g/mol. The lowest BCUT2D eigenvalue weighted by Gasteiger charge is -2.15. The van der Waals surface area contributed by atoms with Gasteiger partial charge in [-0.05, 0) is 78.5 Å². The largest absolute Gasteiger partial charge is 0.483 e. The number of ether oxygens (including phenoxy) is 1. The van der Waals surface area contributed by atoms with Crippen molar-refractivity contribution in [2.45, 2.75) is 0 Å². The van der Waals surface area contributed by atoms with E-state index in [0.29, 0.717) is 32.7 Å². The summed E-state index contributed by atoms with van der Waals surface area (Å²) in [4.78, 5) is 26.8. The van der Waals surface area contributed by atoms with E-state index < -0.39 is 17.6 Å². The Kier molecular flexibility index (Phi) is 7.66. The number of nitrogens with one attached hydrogen (secondary N) is 2. The second kappa shape index (κ2) is 10.7. The summed E-state index contributed by atoms with van der Waals surface area (Å²) in [5, 5.41) is 11.8. The van der Waals surface area contributed by atoms with Gasteiger partial charge in [0.2, 0.25) is 0 Å². The first-order chi connectivity index (χ1) is 16.7. The number of anilines is 2. The van der Waals surface area contributed by atoms with Crippen molar-refractivity contribution < 1.29 is 18.7 Å². The predicted molar refractivity (Wildman–Crippen MR) is 139 cm³/mol. The van der Waals surface area contributed by atoms with E-state index in [4.69, 9.17) is 44.9 Å². The molecule has 2 N–H and O–H groups in total. The molecular weight excluding hydrogens is 536 g/mol. The summed E-state index contributed by atoms with van der Waals surface area (Å²) in [5.74, 6) is -0.991. The summed E-state index contributed by atoms with van der Waals surface area (Å²) in [6.45, 7) is -0.332. The molecule has 3 aromatic rings. The van der Waals surface area contributed by atoms with Gasteiger partial charge in [0, 0.05) is 16.3 Å². The molecule has 0 saturated carbocycles. The molecular formula is C24H15Cl3FN3O3S. The molecule has 0 unspecified atom stereocenters. The molecule has 6 nitrogen and oxygen atoms in total. The molecule has 4 rings (SSSR count). The van der Waals surface area contributed by atoms with Crippen LogP contribution < -0.4 is 15.0 Å². The molecule has 2 amide bonds. The lowest BCUT2D eigenvalue weighted by atomic mass is 10.1. The number of hydrogen-bond acceptors (Lipinski definition) is 5. The van der Waals surface area contributed by atoms with Gasteiger partial charge in [-0.1, -0.05) is 34.8 Å². The van der Waals surface area contributed by atoms with Gasteiger partial charge in [0.25, 0.3) is 11.8 Å². The molecule has 3 aromatic carbocycles. The van der Waals surface area contributed by atoms with E-state index in [-0.39, 0.29) is 21.7 Å². The lowest BCUT2D eigenvalue weighted by molar-refractivity contribution is -0.118. The Hall–Kier alpha value is -3.04. The summed E-state index contributed by atoms with van der Waals surface area (Å²) in [7, 11) is 0. The molecule has 178 valence electrons. The predicted octanol–water partition coefficient (Wildman–Crippen LogP) is 6.86. The minimum absolute atomic E-state index is 0.0113. The Morgan fingerprint density at radius 3 is 2.51 bits per heavy atom.